The average molecular weight is 395 g/mol. The summed E-state index contributed by atoms with van der Waals surface area (Å²) in [6.45, 7) is 5.37. The third-order valence-corrected chi connectivity index (χ3v) is 5.80. The van der Waals surface area contributed by atoms with E-state index in [1.807, 2.05) is 32.0 Å². The number of anilines is 2. The molecule has 0 aliphatic rings. The summed E-state index contributed by atoms with van der Waals surface area (Å²) in [5, 5.41) is 3.28. The molecular formula is C19H23ClN2O3S. The molecule has 7 heteroatoms. The molecule has 5 nitrogen and oxygen atoms in total. The van der Waals surface area contributed by atoms with E-state index >= 15 is 0 Å². The maximum atomic E-state index is 12.7. The molecular weight excluding hydrogens is 372 g/mol. The normalized spacial score (nSPS) is 12.5. The van der Waals surface area contributed by atoms with Crippen molar-refractivity contribution in [2.24, 2.45) is 0 Å². The number of sulfonamides is 1. The van der Waals surface area contributed by atoms with E-state index in [1.165, 1.54) is 0 Å². The molecule has 0 bridgehead atoms. The molecule has 0 aromatic heterocycles. The molecule has 0 saturated heterocycles. The third-order valence-electron chi connectivity index (χ3n) is 4.15. The van der Waals surface area contributed by atoms with Crippen LogP contribution in [0.4, 0.5) is 11.4 Å². The summed E-state index contributed by atoms with van der Waals surface area (Å²) >= 11 is 6.14. The molecule has 2 aromatic rings. The molecule has 0 fully saturated rings. The fourth-order valence-corrected chi connectivity index (χ4v) is 4.06. The predicted molar refractivity (Wildman–Crippen MR) is 107 cm³/mol. The number of nitrogens with zero attached hydrogens (tertiary/aromatic N) is 1. The lowest BCUT2D eigenvalue weighted by atomic mass is 10.1. The van der Waals surface area contributed by atoms with Crippen molar-refractivity contribution in [3.8, 4) is 0 Å². The largest absolute Gasteiger partial charge is 0.324 e. The number of halogens is 1. The number of hydrogen-bond acceptors (Lipinski definition) is 3. The zero-order valence-corrected chi connectivity index (χ0v) is 16.9. The molecule has 140 valence electrons. The van der Waals surface area contributed by atoms with Crippen LogP contribution in [0.5, 0.6) is 0 Å². The van der Waals surface area contributed by atoms with Crippen LogP contribution < -0.4 is 9.62 Å². The second-order valence-corrected chi connectivity index (χ2v) is 8.43. The van der Waals surface area contributed by atoms with Gasteiger partial charge in [-0.15, -0.1) is 0 Å². The lowest BCUT2D eigenvalue weighted by Gasteiger charge is -2.28. The predicted octanol–water partition coefficient (Wildman–Crippen LogP) is 4.00. The fourth-order valence-electron chi connectivity index (χ4n) is 2.72. The van der Waals surface area contributed by atoms with E-state index in [-0.39, 0.29) is 0 Å². The quantitative estimate of drug-likeness (QED) is 0.805. The summed E-state index contributed by atoms with van der Waals surface area (Å²) in [6, 6.07) is 11.4. The van der Waals surface area contributed by atoms with Gasteiger partial charge in [0, 0.05) is 10.7 Å². The highest BCUT2D eigenvalue weighted by atomic mass is 35.5. The summed E-state index contributed by atoms with van der Waals surface area (Å²) < 4.78 is 25.8. The number of hydrogen-bond donors (Lipinski definition) is 1. The van der Waals surface area contributed by atoms with Gasteiger partial charge in [0.15, 0.2) is 0 Å². The van der Waals surface area contributed by atoms with E-state index in [1.54, 1.807) is 31.2 Å². The van der Waals surface area contributed by atoms with Gasteiger partial charge in [-0.1, -0.05) is 42.8 Å². The van der Waals surface area contributed by atoms with E-state index in [2.05, 4.69) is 5.32 Å². The molecule has 1 amide bonds. The first-order valence-corrected chi connectivity index (χ1v) is 10.5. The topological polar surface area (TPSA) is 66.5 Å². The van der Waals surface area contributed by atoms with Crippen molar-refractivity contribution >= 4 is 38.9 Å². The molecule has 2 rings (SSSR count). The molecule has 0 saturated carbocycles. The first-order chi connectivity index (χ1) is 12.1. The van der Waals surface area contributed by atoms with Crippen LogP contribution in [0, 0.1) is 6.92 Å². The maximum absolute atomic E-state index is 12.7. The van der Waals surface area contributed by atoms with Gasteiger partial charge in [-0.2, -0.15) is 0 Å². The van der Waals surface area contributed by atoms with Crippen molar-refractivity contribution in [1.82, 2.24) is 0 Å². The van der Waals surface area contributed by atoms with Crippen molar-refractivity contribution in [3.05, 3.63) is 58.6 Å². The number of carbonyl (C=O) groups excluding carboxylic acids is 1. The van der Waals surface area contributed by atoms with Gasteiger partial charge < -0.3 is 5.32 Å². The van der Waals surface area contributed by atoms with Gasteiger partial charge in [-0.05, 0) is 49.6 Å². The third kappa shape index (κ3) is 4.56. The molecule has 0 radical (unpaired) electrons. The summed E-state index contributed by atoms with van der Waals surface area (Å²) in [6.07, 6.45) is 1.83. The van der Waals surface area contributed by atoms with E-state index in [0.29, 0.717) is 16.4 Å². The molecule has 1 N–H and O–H groups in total. The number of nitrogens with one attached hydrogen (secondary N) is 1. The molecule has 0 aliphatic heterocycles. The smallest absolute Gasteiger partial charge is 0.248 e. The first-order valence-electron chi connectivity index (χ1n) is 8.29. The van der Waals surface area contributed by atoms with Crippen LogP contribution in [0.3, 0.4) is 0 Å². The molecule has 2 aromatic carbocycles. The van der Waals surface area contributed by atoms with Crippen molar-refractivity contribution < 1.29 is 13.2 Å². The van der Waals surface area contributed by atoms with E-state index in [9.17, 15) is 13.2 Å². The Morgan fingerprint density at radius 3 is 2.46 bits per heavy atom. The Morgan fingerprint density at radius 1 is 1.23 bits per heavy atom. The van der Waals surface area contributed by atoms with Crippen LogP contribution >= 0.6 is 11.6 Å². The minimum absolute atomic E-state index is 0.356. The van der Waals surface area contributed by atoms with Crippen LogP contribution in [0.1, 0.15) is 25.0 Å². The molecule has 0 heterocycles. The minimum atomic E-state index is -3.69. The van der Waals surface area contributed by atoms with Crippen LogP contribution in [0.25, 0.3) is 0 Å². The maximum Gasteiger partial charge on any atom is 0.248 e. The van der Waals surface area contributed by atoms with Gasteiger partial charge in [0.25, 0.3) is 0 Å². The van der Waals surface area contributed by atoms with Crippen LogP contribution in [0.2, 0.25) is 5.02 Å². The summed E-state index contributed by atoms with van der Waals surface area (Å²) in [5.74, 6) is -0.409. The monoisotopic (exact) mass is 394 g/mol. The number of aryl methyl sites for hydroxylation is 2. The van der Waals surface area contributed by atoms with Gasteiger partial charge >= 0.3 is 0 Å². The summed E-state index contributed by atoms with van der Waals surface area (Å²) in [5.41, 5.74) is 2.85. The van der Waals surface area contributed by atoms with Gasteiger partial charge in [0.1, 0.15) is 6.04 Å². The van der Waals surface area contributed by atoms with Gasteiger partial charge in [-0.25, -0.2) is 8.42 Å². The average Bonchev–Trinajstić information content (AvgIpc) is 2.57. The Kier molecular flexibility index (Phi) is 6.31. The Labute approximate surface area is 160 Å². The molecule has 26 heavy (non-hydrogen) atoms. The van der Waals surface area contributed by atoms with Crippen molar-refractivity contribution in [2.75, 3.05) is 15.9 Å². The standard InChI is InChI=1S/C19H23ClN2O3S/c1-5-15-8-6-7-9-18(15)21-19(23)14(3)22(26(4,24)25)16-11-10-13(2)17(20)12-16/h6-12,14H,5H2,1-4H3,(H,21,23)/t14-/m0/s1. The zero-order valence-electron chi connectivity index (χ0n) is 15.3. The van der Waals surface area contributed by atoms with Crippen molar-refractivity contribution in [1.29, 1.82) is 0 Å². The highest BCUT2D eigenvalue weighted by Crippen LogP contribution is 2.27. The van der Waals surface area contributed by atoms with E-state index < -0.39 is 22.0 Å². The Hall–Kier alpha value is -2.05. The first kappa shape index (κ1) is 20.3. The fraction of sp³-hybridized carbons (Fsp3) is 0.316. The molecule has 0 aliphatic carbocycles. The number of benzene rings is 2. The minimum Gasteiger partial charge on any atom is -0.324 e. The number of carbonyl (C=O) groups is 1. The number of rotatable bonds is 6. The van der Waals surface area contributed by atoms with Crippen LogP contribution in [-0.2, 0) is 21.2 Å². The second-order valence-electron chi connectivity index (χ2n) is 6.17. The number of para-hydroxylation sites is 1. The van der Waals surface area contributed by atoms with Gasteiger partial charge in [-0.3, -0.25) is 9.10 Å². The van der Waals surface area contributed by atoms with E-state index in [0.717, 1.165) is 28.1 Å². The Morgan fingerprint density at radius 2 is 1.88 bits per heavy atom. The van der Waals surface area contributed by atoms with Crippen LogP contribution in [0.15, 0.2) is 42.5 Å². The summed E-state index contributed by atoms with van der Waals surface area (Å²) in [4.78, 5) is 12.7. The lowest BCUT2D eigenvalue weighted by molar-refractivity contribution is -0.116. The lowest BCUT2D eigenvalue weighted by Crippen LogP contribution is -2.45. The Bertz CT molecular complexity index is 913. The zero-order chi connectivity index (χ0) is 19.5. The van der Waals surface area contributed by atoms with Crippen LogP contribution in [-0.4, -0.2) is 26.6 Å². The molecule has 0 spiro atoms. The van der Waals surface area contributed by atoms with Crippen molar-refractivity contribution in [2.45, 2.75) is 33.2 Å². The van der Waals surface area contributed by atoms with E-state index in [4.69, 9.17) is 11.6 Å². The second kappa shape index (κ2) is 8.10. The summed E-state index contributed by atoms with van der Waals surface area (Å²) in [7, 11) is -3.69. The SMILES string of the molecule is CCc1ccccc1NC(=O)[C@H](C)N(c1ccc(C)c(Cl)c1)S(C)(=O)=O. The Balaban J connectivity index is 2.36. The highest BCUT2D eigenvalue weighted by molar-refractivity contribution is 7.92. The van der Waals surface area contributed by atoms with Gasteiger partial charge in [0.2, 0.25) is 15.9 Å². The van der Waals surface area contributed by atoms with Crippen molar-refractivity contribution in [3.63, 3.8) is 0 Å². The number of amides is 1. The van der Waals surface area contributed by atoms with Gasteiger partial charge in [0.05, 0.1) is 11.9 Å². The highest BCUT2D eigenvalue weighted by Gasteiger charge is 2.29. The molecule has 1 atom stereocenters. The molecule has 0 unspecified atom stereocenters.